The number of hydrazine groups is 1. The molecular weight excluding hydrogens is 415 g/mol. The van der Waals surface area contributed by atoms with Gasteiger partial charge in [-0.2, -0.15) is 0 Å². The number of benzene rings is 2. The number of carbonyl (C=O) groups is 2. The first-order valence-corrected chi connectivity index (χ1v) is 9.49. The number of amides is 2. The molecule has 1 aliphatic rings. The number of nitrogens with zero attached hydrogens (tertiary/aromatic N) is 1. The molecule has 142 valence electrons. The molecule has 1 heterocycles. The van der Waals surface area contributed by atoms with Gasteiger partial charge in [-0.05, 0) is 48.5 Å². The summed E-state index contributed by atoms with van der Waals surface area (Å²) in [5.41, 5.74) is 6.36. The van der Waals surface area contributed by atoms with Crippen LogP contribution < -0.4 is 20.7 Å². The van der Waals surface area contributed by atoms with Crippen LogP contribution in [-0.2, 0) is 4.79 Å². The van der Waals surface area contributed by atoms with E-state index in [1.165, 1.54) is 12.1 Å². The Bertz CT molecular complexity index is 790. The lowest BCUT2D eigenvalue weighted by molar-refractivity contribution is -0.892. The topological polar surface area (TPSA) is 65.9 Å². The van der Waals surface area contributed by atoms with E-state index in [4.69, 9.17) is 0 Å². The summed E-state index contributed by atoms with van der Waals surface area (Å²) in [6.45, 7) is 3.47. The zero-order chi connectivity index (χ0) is 19.2. The van der Waals surface area contributed by atoms with Crippen LogP contribution in [0.5, 0.6) is 0 Å². The number of rotatable bonds is 4. The molecule has 2 aromatic rings. The normalized spacial score (nSPS) is 14.7. The molecule has 2 aromatic carbocycles. The van der Waals surface area contributed by atoms with E-state index in [1.54, 1.807) is 36.4 Å². The summed E-state index contributed by atoms with van der Waals surface area (Å²) in [6.07, 6.45) is 0. The van der Waals surface area contributed by atoms with Gasteiger partial charge < -0.3 is 9.80 Å². The van der Waals surface area contributed by atoms with Gasteiger partial charge in [0.05, 0.1) is 26.2 Å². The molecule has 0 aliphatic carbocycles. The predicted octanol–water partition coefficient (Wildman–Crippen LogP) is 0.754. The summed E-state index contributed by atoms with van der Waals surface area (Å²) >= 11 is 3.31. The van der Waals surface area contributed by atoms with Crippen molar-refractivity contribution < 1.29 is 18.9 Å². The highest BCUT2D eigenvalue weighted by Crippen LogP contribution is 2.14. The lowest BCUT2D eigenvalue weighted by Crippen LogP contribution is -3.16. The van der Waals surface area contributed by atoms with E-state index in [9.17, 15) is 14.0 Å². The quantitative estimate of drug-likeness (QED) is 0.621. The summed E-state index contributed by atoms with van der Waals surface area (Å²) in [5.74, 6) is -0.831. The highest BCUT2D eigenvalue weighted by Gasteiger charge is 2.22. The molecule has 1 fully saturated rings. The summed E-state index contributed by atoms with van der Waals surface area (Å²) in [7, 11) is 0. The maximum atomic E-state index is 13.0. The van der Waals surface area contributed by atoms with E-state index in [1.807, 2.05) is 0 Å². The van der Waals surface area contributed by atoms with E-state index < -0.39 is 0 Å². The Balaban J connectivity index is 1.41. The summed E-state index contributed by atoms with van der Waals surface area (Å²) in [4.78, 5) is 27.4. The molecular formula is C19H21BrFN4O2+. The van der Waals surface area contributed by atoms with Crippen molar-refractivity contribution in [2.45, 2.75) is 0 Å². The van der Waals surface area contributed by atoms with Crippen molar-refractivity contribution in [2.24, 2.45) is 0 Å². The average Bonchev–Trinajstić information content (AvgIpc) is 2.68. The van der Waals surface area contributed by atoms with Gasteiger partial charge >= 0.3 is 0 Å². The fraction of sp³-hybridized carbons (Fsp3) is 0.263. The average molecular weight is 436 g/mol. The number of halogens is 2. The molecule has 1 saturated heterocycles. The third-order valence-electron chi connectivity index (χ3n) is 4.49. The van der Waals surface area contributed by atoms with Crippen molar-refractivity contribution in [3.63, 3.8) is 0 Å². The Labute approximate surface area is 165 Å². The Morgan fingerprint density at radius 2 is 1.63 bits per heavy atom. The van der Waals surface area contributed by atoms with Gasteiger partial charge in [-0.25, -0.2) is 4.39 Å². The molecule has 27 heavy (non-hydrogen) atoms. The van der Waals surface area contributed by atoms with Crippen molar-refractivity contribution in [3.8, 4) is 0 Å². The largest absolute Gasteiger partial charge is 0.360 e. The minimum atomic E-state index is -0.355. The number of piperazine rings is 1. The SMILES string of the molecule is O=C(C[NH+]1CCN(c2ccc(F)cc2)CC1)NNC(=O)c1ccc(Br)cc1. The first-order valence-electron chi connectivity index (χ1n) is 8.70. The van der Waals surface area contributed by atoms with Crippen LogP contribution in [0.2, 0.25) is 0 Å². The molecule has 0 saturated carbocycles. The molecule has 0 atom stereocenters. The maximum absolute atomic E-state index is 13.0. The Morgan fingerprint density at radius 1 is 1.00 bits per heavy atom. The summed E-state index contributed by atoms with van der Waals surface area (Å²) < 4.78 is 13.9. The number of hydrogen-bond acceptors (Lipinski definition) is 3. The summed E-state index contributed by atoms with van der Waals surface area (Å²) in [5, 5.41) is 0. The van der Waals surface area contributed by atoms with Crippen molar-refractivity contribution in [3.05, 3.63) is 64.4 Å². The second-order valence-electron chi connectivity index (χ2n) is 6.40. The Kier molecular flexibility index (Phi) is 6.41. The number of nitrogens with one attached hydrogen (secondary N) is 3. The Hall–Kier alpha value is -2.45. The van der Waals surface area contributed by atoms with Gasteiger partial charge in [0.1, 0.15) is 5.82 Å². The highest BCUT2D eigenvalue weighted by molar-refractivity contribution is 9.10. The van der Waals surface area contributed by atoms with Gasteiger partial charge in [-0.3, -0.25) is 20.4 Å². The Morgan fingerprint density at radius 3 is 2.26 bits per heavy atom. The van der Waals surface area contributed by atoms with Gasteiger partial charge in [0.15, 0.2) is 6.54 Å². The fourth-order valence-corrected chi connectivity index (χ4v) is 3.25. The van der Waals surface area contributed by atoms with E-state index >= 15 is 0 Å². The maximum Gasteiger partial charge on any atom is 0.293 e. The lowest BCUT2D eigenvalue weighted by Gasteiger charge is -2.33. The molecule has 0 radical (unpaired) electrons. The monoisotopic (exact) mass is 435 g/mol. The van der Waals surface area contributed by atoms with E-state index in [-0.39, 0.29) is 24.2 Å². The zero-order valence-corrected chi connectivity index (χ0v) is 16.3. The zero-order valence-electron chi connectivity index (χ0n) is 14.7. The molecule has 0 spiro atoms. The molecule has 0 unspecified atom stereocenters. The van der Waals surface area contributed by atoms with Gasteiger partial charge in [0, 0.05) is 15.7 Å². The fourth-order valence-electron chi connectivity index (χ4n) is 2.98. The van der Waals surface area contributed by atoms with Crippen LogP contribution in [0, 0.1) is 5.82 Å². The van der Waals surface area contributed by atoms with Gasteiger partial charge in [0.2, 0.25) is 0 Å². The van der Waals surface area contributed by atoms with Crippen LogP contribution >= 0.6 is 15.9 Å². The smallest absolute Gasteiger partial charge is 0.293 e. The van der Waals surface area contributed by atoms with Gasteiger partial charge in [-0.15, -0.1) is 0 Å². The van der Waals surface area contributed by atoms with Crippen LogP contribution in [0.1, 0.15) is 10.4 Å². The van der Waals surface area contributed by atoms with E-state index in [0.717, 1.165) is 41.2 Å². The van der Waals surface area contributed by atoms with Crippen LogP contribution in [0.25, 0.3) is 0 Å². The van der Waals surface area contributed by atoms with Crippen LogP contribution in [0.15, 0.2) is 53.0 Å². The number of carbonyl (C=O) groups excluding carboxylic acids is 2. The van der Waals surface area contributed by atoms with Gasteiger partial charge in [0.25, 0.3) is 11.8 Å². The van der Waals surface area contributed by atoms with E-state index in [2.05, 4.69) is 31.7 Å². The van der Waals surface area contributed by atoms with Crippen molar-refractivity contribution in [2.75, 3.05) is 37.6 Å². The molecule has 3 rings (SSSR count). The van der Waals surface area contributed by atoms with Gasteiger partial charge in [-0.1, -0.05) is 15.9 Å². The van der Waals surface area contributed by atoms with Crippen LogP contribution in [0.3, 0.4) is 0 Å². The molecule has 2 amide bonds. The lowest BCUT2D eigenvalue weighted by atomic mass is 10.2. The highest BCUT2D eigenvalue weighted by atomic mass is 79.9. The first-order chi connectivity index (χ1) is 13.0. The first kappa shape index (κ1) is 19.3. The number of quaternary nitrogens is 1. The molecule has 3 N–H and O–H groups in total. The molecule has 0 aromatic heterocycles. The van der Waals surface area contributed by atoms with Crippen molar-refractivity contribution in [1.82, 2.24) is 10.9 Å². The van der Waals surface area contributed by atoms with Crippen molar-refractivity contribution in [1.29, 1.82) is 0 Å². The van der Waals surface area contributed by atoms with Crippen LogP contribution in [0.4, 0.5) is 10.1 Å². The number of hydrogen-bond donors (Lipinski definition) is 3. The van der Waals surface area contributed by atoms with Crippen LogP contribution in [-0.4, -0.2) is 44.5 Å². The van der Waals surface area contributed by atoms with Crippen molar-refractivity contribution >= 4 is 33.4 Å². The standard InChI is InChI=1S/C19H20BrFN4O2/c20-15-3-1-14(2-4-15)19(27)23-22-18(26)13-24-9-11-25(12-10-24)17-7-5-16(21)6-8-17/h1-8H,9-13H2,(H,22,26)(H,23,27)/p+1. The third kappa shape index (κ3) is 5.51. The minimum Gasteiger partial charge on any atom is -0.360 e. The minimum absolute atomic E-state index is 0.231. The number of anilines is 1. The summed E-state index contributed by atoms with van der Waals surface area (Å²) in [6, 6.07) is 13.3. The third-order valence-corrected chi connectivity index (χ3v) is 5.02. The molecule has 8 heteroatoms. The second-order valence-corrected chi connectivity index (χ2v) is 7.32. The van der Waals surface area contributed by atoms with E-state index in [0.29, 0.717) is 5.56 Å². The second kappa shape index (κ2) is 8.96. The molecule has 0 bridgehead atoms. The molecule has 6 nitrogen and oxygen atoms in total. The predicted molar refractivity (Wildman–Crippen MR) is 104 cm³/mol. The molecule has 1 aliphatic heterocycles.